The third-order valence-corrected chi connectivity index (χ3v) is 1.99. The highest BCUT2D eigenvalue weighted by Gasteiger charge is 1.99. The molecule has 0 fully saturated rings. The molecule has 0 unspecified atom stereocenters. The van der Waals surface area contributed by atoms with Gasteiger partial charge in [-0.3, -0.25) is 15.1 Å². The first-order valence-electron chi connectivity index (χ1n) is 4.03. The van der Waals surface area contributed by atoms with E-state index < -0.39 is 0 Å². The Hall–Kier alpha value is -1.46. The molecule has 2 N–H and O–H groups in total. The first-order valence-corrected chi connectivity index (χ1v) is 4.81. The maximum absolute atomic E-state index is 11.4. The van der Waals surface area contributed by atoms with Gasteiger partial charge in [0.2, 0.25) is 10.9 Å². The lowest BCUT2D eigenvalue weighted by Crippen LogP contribution is -2.25. The van der Waals surface area contributed by atoms with Crippen LogP contribution in [0.5, 0.6) is 0 Å². The summed E-state index contributed by atoms with van der Waals surface area (Å²) in [6.07, 6.45) is 1.13. The molecule has 0 spiro atoms. The van der Waals surface area contributed by atoms with Crippen molar-refractivity contribution in [2.24, 2.45) is 5.10 Å². The molecule has 0 saturated carbocycles. The summed E-state index contributed by atoms with van der Waals surface area (Å²) in [5, 5.41) is 3.74. The minimum atomic E-state index is -0.208. The van der Waals surface area contributed by atoms with Gasteiger partial charge in [-0.05, 0) is 12.2 Å². The minimum Gasteiger partial charge on any atom is -0.287 e. The summed E-state index contributed by atoms with van der Waals surface area (Å²) in [7, 11) is 0. The van der Waals surface area contributed by atoms with E-state index in [0.29, 0.717) is 5.56 Å². The number of hydrazone groups is 1. The average molecular weight is 242 g/mol. The van der Waals surface area contributed by atoms with E-state index >= 15 is 0 Å². The number of hydrogen-bond acceptors (Lipinski definition) is 3. The third kappa shape index (κ3) is 4.05. The smallest absolute Gasteiger partial charge is 0.205 e. The van der Waals surface area contributed by atoms with Crippen molar-refractivity contribution in [1.29, 1.82) is 0 Å². The molecule has 6 heteroatoms. The summed E-state index contributed by atoms with van der Waals surface area (Å²) in [4.78, 5) is 13.6. The van der Waals surface area contributed by atoms with Crippen molar-refractivity contribution in [3.8, 4) is 0 Å². The maximum Gasteiger partial charge on any atom is 0.205 e. The van der Waals surface area contributed by atoms with Crippen LogP contribution in [0.1, 0.15) is 10.4 Å². The van der Waals surface area contributed by atoms with Crippen molar-refractivity contribution in [1.82, 2.24) is 10.3 Å². The number of thiocarbonyl (C=S) groups is 1. The Morgan fingerprint density at radius 3 is 2.67 bits per heavy atom. The molecule has 0 aliphatic heterocycles. The van der Waals surface area contributed by atoms with Gasteiger partial charge in [-0.15, -0.1) is 0 Å². The van der Waals surface area contributed by atoms with Crippen LogP contribution >= 0.6 is 24.0 Å². The Balaban J connectivity index is 2.53. The lowest BCUT2D eigenvalue weighted by Gasteiger charge is -1.97. The van der Waals surface area contributed by atoms with Crippen LogP contribution in [0, 0.1) is 0 Å². The first-order chi connectivity index (χ1) is 7.24. The molecule has 4 nitrogen and oxygen atoms in total. The average Bonchev–Trinajstić information content (AvgIpc) is 2.29. The summed E-state index contributed by atoms with van der Waals surface area (Å²) in [6.45, 7) is 0. The van der Waals surface area contributed by atoms with Gasteiger partial charge in [0, 0.05) is 17.3 Å². The second-order valence-corrected chi connectivity index (χ2v) is 3.12. The molecule has 0 saturated heterocycles. The van der Waals surface area contributed by atoms with E-state index in [0.717, 1.165) is 6.21 Å². The molecule has 0 aromatic heterocycles. The van der Waals surface area contributed by atoms with Crippen LogP contribution in [-0.4, -0.2) is 17.1 Å². The molecule has 0 bridgehead atoms. The Kier molecular flexibility index (Phi) is 4.73. The highest BCUT2D eigenvalue weighted by Crippen LogP contribution is 1.97. The second kappa shape index (κ2) is 6.10. The van der Waals surface area contributed by atoms with Gasteiger partial charge in [0.15, 0.2) is 0 Å². The van der Waals surface area contributed by atoms with Crippen molar-refractivity contribution in [3.05, 3.63) is 35.9 Å². The Morgan fingerprint density at radius 1 is 1.40 bits per heavy atom. The van der Waals surface area contributed by atoms with Crippen LogP contribution in [0.25, 0.3) is 0 Å². The fraction of sp³-hybridized carbons (Fsp3) is 0. The van der Waals surface area contributed by atoms with Crippen molar-refractivity contribution >= 4 is 41.1 Å². The SMILES string of the molecule is O=C(/C=N/NC(=S)NCl)c1ccccc1. The van der Waals surface area contributed by atoms with E-state index in [1.165, 1.54) is 0 Å². The number of rotatable bonds is 3. The molecule has 0 aliphatic rings. The van der Waals surface area contributed by atoms with E-state index in [4.69, 9.17) is 11.8 Å². The third-order valence-electron chi connectivity index (χ3n) is 1.49. The lowest BCUT2D eigenvalue weighted by molar-refractivity contribution is 0.107. The summed E-state index contributed by atoms with van der Waals surface area (Å²) in [6, 6.07) is 8.79. The predicted molar refractivity (Wildman–Crippen MR) is 64.0 cm³/mol. The van der Waals surface area contributed by atoms with E-state index in [1.807, 2.05) is 6.07 Å². The number of nitrogens with zero attached hydrogens (tertiary/aromatic N) is 1. The van der Waals surface area contributed by atoms with Gasteiger partial charge in [0.1, 0.15) is 0 Å². The summed E-state index contributed by atoms with van der Waals surface area (Å²) in [5.41, 5.74) is 2.93. The molecule has 1 rings (SSSR count). The van der Waals surface area contributed by atoms with Gasteiger partial charge >= 0.3 is 0 Å². The molecule has 0 atom stereocenters. The van der Waals surface area contributed by atoms with E-state index in [9.17, 15) is 4.79 Å². The molecule has 0 heterocycles. The summed E-state index contributed by atoms with van der Waals surface area (Å²) < 4.78 is 0. The Bertz CT molecular complexity index is 380. The van der Waals surface area contributed by atoms with E-state index in [2.05, 4.69) is 27.6 Å². The zero-order valence-corrected chi connectivity index (χ0v) is 9.18. The fourth-order valence-electron chi connectivity index (χ4n) is 0.848. The van der Waals surface area contributed by atoms with Crippen molar-refractivity contribution in [2.45, 2.75) is 0 Å². The second-order valence-electron chi connectivity index (χ2n) is 2.52. The maximum atomic E-state index is 11.4. The normalized spacial score (nSPS) is 9.93. The number of halogens is 1. The molecule has 0 radical (unpaired) electrons. The number of ketones is 1. The molecule has 78 valence electrons. The molecule has 1 aromatic rings. The topological polar surface area (TPSA) is 53.5 Å². The van der Waals surface area contributed by atoms with Gasteiger partial charge in [-0.1, -0.05) is 30.3 Å². The summed E-state index contributed by atoms with van der Waals surface area (Å²) in [5.74, 6) is -0.208. The minimum absolute atomic E-state index is 0.133. The lowest BCUT2D eigenvalue weighted by atomic mass is 10.1. The highest BCUT2D eigenvalue weighted by atomic mass is 35.5. The fourth-order valence-corrected chi connectivity index (χ4v) is 0.943. The van der Waals surface area contributed by atoms with Gasteiger partial charge in [-0.2, -0.15) is 5.10 Å². The van der Waals surface area contributed by atoms with Crippen molar-refractivity contribution < 1.29 is 4.79 Å². The Morgan fingerprint density at radius 2 is 2.07 bits per heavy atom. The van der Waals surface area contributed by atoms with Crippen LogP contribution in [0.15, 0.2) is 35.4 Å². The van der Waals surface area contributed by atoms with Crippen LogP contribution in [-0.2, 0) is 0 Å². The van der Waals surface area contributed by atoms with Gasteiger partial charge in [0.05, 0.1) is 6.21 Å². The highest BCUT2D eigenvalue weighted by molar-refractivity contribution is 7.80. The zero-order valence-electron chi connectivity index (χ0n) is 7.61. The van der Waals surface area contributed by atoms with Crippen LogP contribution < -0.4 is 10.3 Å². The van der Waals surface area contributed by atoms with Crippen LogP contribution in [0.4, 0.5) is 0 Å². The molecule has 0 aliphatic carbocycles. The number of carbonyl (C=O) groups is 1. The van der Waals surface area contributed by atoms with Crippen LogP contribution in [0.2, 0.25) is 0 Å². The van der Waals surface area contributed by atoms with Crippen molar-refractivity contribution in [2.75, 3.05) is 0 Å². The summed E-state index contributed by atoms with van der Waals surface area (Å²) >= 11 is 9.82. The molecule has 0 amide bonds. The Labute approximate surface area is 97.4 Å². The largest absolute Gasteiger partial charge is 0.287 e. The van der Waals surface area contributed by atoms with Crippen LogP contribution in [0.3, 0.4) is 0 Å². The number of hydrogen-bond donors (Lipinski definition) is 2. The molecule has 1 aromatic carbocycles. The van der Waals surface area contributed by atoms with Crippen molar-refractivity contribution in [3.63, 3.8) is 0 Å². The molecular weight excluding hydrogens is 234 g/mol. The van der Waals surface area contributed by atoms with Gasteiger partial charge < -0.3 is 0 Å². The quantitative estimate of drug-likeness (QED) is 0.277. The zero-order chi connectivity index (χ0) is 11.1. The number of nitrogens with one attached hydrogen (secondary N) is 2. The standard InChI is InChI=1S/C9H8ClN3OS/c10-12-9(15)13-11-6-8(14)7-4-2-1-3-5-7/h1-6H,(H2,12,13,15)/b11-6+. The monoisotopic (exact) mass is 241 g/mol. The number of carbonyl (C=O) groups excluding carboxylic acids is 1. The molecular formula is C9H8ClN3OS. The molecule has 15 heavy (non-hydrogen) atoms. The number of benzene rings is 1. The van der Waals surface area contributed by atoms with Gasteiger partial charge in [-0.25, -0.2) is 0 Å². The van der Waals surface area contributed by atoms with E-state index in [-0.39, 0.29) is 10.9 Å². The van der Waals surface area contributed by atoms with E-state index in [1.54, 1.807) is 24.3 Å². The predicted octanol–water partition coefficient (Wildman–Crippen LogP) is 1.47. The first kappa shape index (κ1) is 11.6. The number of Topliss-reactive ketones (excluding diaryl/α,β-unsaturated/α-hetero) is 1. The van der Waals surface area contributed by atoms with Gasteiger partial charge in [0.25, 0.3) is 0 Å².